The Kier molecular flexibility index (Phi) is 20.1. The van der Waals surface area contributed by atoms with Crippen molar-refractivity contribution in [2.45, 2.75) is 53.5 Å². The lowest BCUT2D eigenvalue weighted by molar-refractivity contribution is -0.121. The molecule has 0 saturated carbocycles. The van der Waals surface area contributed by atoms with Gasteiger partial charge in [-0.15, -0.1) is 0 Å². The molecule has 0 aromatic carbocycles. The average molecular weight is 332 g/mol. The van der Waals surface area contributed by atoms with Crippen molar-refractivity contribution in [1.29, 1.82) is 0 Å². The molecule has 0 heterocycles. The number of Topliss-reactive ketones (excluding diaryl/α,β-unsaturated/α-hetero) is 1. The van der Waals surface area contributed by atoms with Crippen LogP contribution in [-0.2, 0) is 19.1 Å². The Morgan fingerprint density at radius 1 is 1.00 bits per heavy atom. The highest BCUT2D eigenvalue weighted by atomic mass is 16.5. The van der Waals surface area contributed by atoms with Gasteiger partial charge in [0.25, 0.3) is 0 Å². The zero-order valence-electron chi connectivity index (χ0n) is 15.5. The zero-order chi connectivity index (χ0) is 17.9. The van der Waals surface area contributed by atoms with E-state index in [0.717, 1.165) is 19.4 Å². The highest BCUT2D eigenvalue weighted by Crippen LogP contribution is 1.99. The second kappa shape index (κ2) is 19.1. The Labute approximate surface area is 141 Å². The number of carbonyl (C=O) groups is 2. The molecular weight excluding hydrogens is 296 g/mol. The molecular formula is C17H36N2O4. The lowest BCUT2D eigenvalue weighted by Gasteiger charge is -2.08. The first-order valence-corrected chi connectivity index (χ1v) is 8.54. The largest absolute Gasteiger partial charge is 0.378 e. The summed E-state index contributed by atoms with van der Waals surface area (Å²) in [5.41, 5.74) is 0. The Morgan fingerprint density at radius 2 is 1.57 bits per heavy atom. The fourth-order valence-corrected chi connectivity index (χ4v) is 1.47. The molecule has 23 heavy (non-hydrogen) atoms. The van der Waals surface area contributed by atoms with Crippen LogP contribution in [0.15, 0.2) is 0 Å². The molecule has 0 aliphatic carbocycles. The van der Waals surface area contributed by atoms with Gasteiger partial charge in [-0.05, 0) is 6.42 Å². The van der Waals surface area contributed by atoms with Crippen molar-refractivity contribution in [2.75, 3.05) is 39.5 Å². The number of amides is 1. The monoisotopic (exact) mass is 332 g/mol. The minimum Gasteiger partial charge on any atom is -0.378 e. The van der Waals surface area contributed by atoms with Gasteiger partial charge in [-0.25, -0.2) is 0 Å². The normalized spacial score (nSPS) is 10.4. The number of rotatable bonds is 14. The van der Waals surface area contributed by atoms with Crippen LogP contribution in [0.3, 0.4) is 0 Å². The molecule has 0 aliphatic heterocycles. The van der Waals surface area contributed by atoms with Crippen LogP contribution >= 0.6 is 0 Å². The van der Waals surface area contributed by atoms with E-state index < -0.39 is 0 Å². The van der Waals surface area contributed by atoms with Gasteiger partial charge < -0.3 is 20.1 Å². The SMILES string of the molecule is CC(C)NCCOCCOCCNC=O.CCCC(=O)C(C)C. The van der Waals surface area contributed by atoms with Crippen molar-refractivity contribution in [3.63, 3.8) is 0 Å². The van der Waals surface area contributed by atoms with Gasteiger partial charge in [0.1, 0.15) is 5.78 Å². The fourth-order valence-electron chi connectivity index (χ4n) is 1.47. The van der Waals surface area contributed by atoms with E-state index in [-0.39, 0.29) is 5.92 Å². The molecule has 0 bridgehead atoms. The van der Waals surface area contributed by atoms with Crippen LogP contribution in [0, 0.1) is 5.92 Å². The molecule has 2 N–H and O–H groups in total. The summed E-state index contributed by atoms with van der Waals surface area (Å²) in [6.45, 7) is 13.9. The third kappa shape index (κ3) is 23.4. The standard InChI is InChI=1S/C10H22N2O3.C7H14O/c1-10(2)12-4-6-15-8-7-14-5-3-11-9-13;1-4-5-7(8)6(2)3/h9-10,12H,3-8H2,1-2H3,(H,11,13);6H,4-5H2,1-3H3. The Hall–Kier alpha value is -0.980. The molecule has 0 atom stereocenters. The maximum Gasteiger partial charge on any atom is 0.207 e. The molecule has 6 heteroatoms. The van der Waals surface area contributed by atoms with E-state index in [4.69, 9.17) is 9.47 Å². The van der Waals surface area contributed by atoms with Crippen LogP contribution in [0.1, 0.15) is 47.5 Å². The zero-order valence-corrected chi connectivity index (χ0v) is 15.5. The summed E-state index contributed by atoms with van der Waals surface area (Å²) in [7, 11) is 0. The summed E-state index contributed by atoms with van der Waals surface area (Å²) in [6, 6.07) is 0.499. The molecule has 138 valence electrons. The van der Waals surface area contributed by atoms with Gasteiger partial charge in [-0.1, -0.05) is 34.6 Å². The van der Waals surface area contributed by atoms with Crippen molar-refractivity contribution in [3.05, 3.63) is 0 Å². The molecule has 1 amide bonds. The Morgan fingerprint density at radius 3 is 1.96 bits per heavy atom. The summed E-state index contributed by atoms with van der Waals surface area (Å²) < 4.78 is 10.5. The van der Waals surface area contributed by atoms with Gasteiger partial charge in [0.05, 0.1) is 26.4 Å². The first kappa shape index (κ1) is 24.3. The number of hydrogen-bond donors (Lipinski definition) is 2. The molecule has 0 unspecified atom stereocenters. The van der Waals surface area contributed by atoms with Crippen LogP contribution in [0.25, 0.3) is 0 Å². The van der Waals surface area contributed by atoms with Crippen molar-refractivity contribution in [3.8, 4) is 0 Å². The molecule has 6 nitrogen and oxygen atoms in total. The maximum absolute atomic E-state index is 10.7. The van der Waals surface area contributed by atoms with E-state index >= 15 is 0 Å². The van der Waals surface area contributed by atoms with Gasteiger partial charge in [0.2, 0.25) is 6.41 Å². The molecule has 0 aromatic rings. The maximum atomic E-state index is 10.7. The summed E-state index contributed by atoms with van der Waals surface area (Å²) in [5, 5.41) is 5.77. The minimum absolute atomic E-state index is 0.231. The van der Waals surface area contributed by atoms with Crippen molar-refractivity contribution < 1.29 is 19.1 Å². The van der Waals surface area contributed by atoms with E-state index in [9.17, 15) is 9.59 Å². The van der Waals surface area contributed by atoms with E-state index in [0.29, 0.717) is 51.2 Å². The summed E-state index contributed by atoms with van der Waals surface area (Å²) in [5.74, 6) is 0.613. The van der Waals surface area contributed by atoms with Gasteiger partial charge in [0.15, 0.2) is 0 Å². The van der Waals surface area contributed by atoms with Gasteiger partial charge in [-0.3, -0.25) is 9.59 Å². The minimum atomic E-state index is 0.231. The van der Waals surface area contributed by atoms with Gasteiger partial charge in [0, 0.05) is 31.5 Å². The fraction of sp³-hybridized carbons (Fsp3) is 0.882. The number of hydrogen-bond acceptors (Lipinski definition) is 5. The second-order valence-electron chi connectivity index (χ2n) is 5.78. The number of nitrogens with one attached hydrogen (secondary N) is 2. The first-order valence-electron chi connectivity index (χ1n) is 8.54. The molecule has 0 radical (unpaired) electrons. The van der Waals surface area contributed by atoms with Crippen LogP contribution in [-0.4, -0.2) is 57.8 Å². The van der Waals surface area contributed by atoms with E-state index in [2.05, 4.69) is 24.5 Å². The predicted octanol–water partition coefficient (Wildman–Crippen LogP) is 1.78. The third-order valence-electron chi connectivity index (χ3n) is 2.79. The first-order chi connectivity index (χ1) is 11.0. The highest BCUT2D eigenvalue weighted by Gasteiger charge is 2.03. The Balaban J connectivity index is 0. The molecule has 0 rings (SSSR count). The predicted molar refractivity (Wildman–Crippen MR) is 93.6 cm³/mol. The topological polar surface area (TPSA) is 76.7 Å². The lowest BCUT2D eigenvalue weighted by atomic mass is 10.1. The molecule has 0 spiro atoms. The van der Waals surface area contributed by atoms with Crippen LogP contribution in [0.5, 0.6) is 0 Å². The second-order valence-corrected chi connectivity index (χ2v) is 5.78. The third-order valence-corrected chi connectivity index (χ3v) is 2.79. The highest BCUT2D eigenvalue weighted by molar-refractivity contribution is 5.80. The van der Waals surface area contributed by atoms with Crippen molar-refractivity contribution in [1.82, 2.24) is 10.6 Å². The number of ketones is 1. The van der Waals surface area contributed by atoms with Crippen LogP contribution in [0.4, 0.5) is 0 Å². The average Bonchev–Trinajstić information content (AvgIpc) is 2.49. The van der Waals surface area contributed by atoms with Gasteiger partial charge >= 0.3 is 0 Å². The summed E-state index contributed by atoms with van der Waals surface area (Å²) in [4.78, 5) is 20.6. The number of ether oxygens (including phenoxy) is 2. The molecule has 0 fully saturated rings. The van der Waals surface area contributed by atoms with Crippen molar-refractivity contribution in [2.24, 2.45) is 5.92 Å². The molecule has 0 aliphatic rings. The summed E-state index contributed by atoms with van der Waals surface area (Å²) in [6.07, 6.45) is 2.39. The molecule has 0 saturated heterocycles. The molecule has 0 aromatic heterocycles. The van der Waals surface area contributed by atoms with Gasteiger partial charge in [-0.2, -0.15) is 0 Å². The Bertz CT molecular complexity index is 271. The van der Waals surface area contributed by atoms with Crippen LogP contribution < -0.4 is 10.6 Å². The smallest absolute Gasteiger partial charge is 0.207 e. The van der Waals surface area contributed by atoms with Crippen LogP contribution in [0.2, 0.25) is 0 Å². The lowest BCUT2D eigenvalue weighted by Crippen LogP contribution is -2.27. The van der Waals surface area contributed by atoms with Crippen molar-refractivity contribution >= 4 is 12.2 Å². The van der Waals surface area contributed by atoms with E-state index in [1.54, 1.807) is 0 Å². The summed E-state index contributed by atoms with van der Waals surface area (Å²) >= 11 is 0. The quantitative estimate of drug-likeness (QED) is 0.374. The van der Waals surface area contributed by atoms with E-state index in [1.165, 1.54) is 0 Å². The number of carbonyl (C=O) groups excluding carboxylic acids is 2. The van der Waals surface area contributed by atoms with E-state index in [1.807, 2.05) is 20.8 Å².